The first-order valence-electron chi connectivity index (χ1n) is 6.71. The third-order valence-electron chi connectivity index (χ3n) is 2.83. The van der Waals surface area contributed by atoms with Crippen LogP contribution in [0.3, 0.4) is 0 Å². The van der Waals surface area contributed by atoms with Crippen molar-refractivity contribution in [2.24, 2.45) is 5.92 Å². The number of halogens is 5. The molecule has 0 saturated heterocycles. The molecule has 0 aliphatic heterocycles. The lowest BCUT2D eigenvalue weighted by molar-refractivity contribution is 0.313. The number of ether oxygens (including phenoxy) is 1. The second-order valence-electron chi connectivity index (χ2n) is 5.03. The zero-order valence-corrected chi connectivity index (χ0v) is 15.7. The number of rotatable bonds is 8. The van der Waals surface area contributed by atoms with Gasteiger partial charge in [0.25, 0.3) is 0 Å². The van der Waals surface area contributed by atoms with E-state index in [9.17, 15) is 0 Å². The van der Waals surface area contributed by atoms with E-state index in [-0.39, 0.29) is 30.9 Å². The highest BCUT2D eigenvalue weighted by molar-refractivity contribution is 6.55. The van der Waals surface area contributed by atoms with E-state index in [1.54, 1.807) is 0 Å². The summed E-state index contributed by atoms with van der Waals surface area (Å²) in [6, 6.07) is 0. The summed E-state index contributed by atoms with van der Waals surface area (Å²) in [7, 11) is 0. The van der Waals surface area contributed by atoms with Gasteiger partial charge in [0.05, 0.1) is 15.1 Å². The number of hydrogen-bond donors (Lipinski definition) is 1. The van der Waals surface area contributed by atoms with Crippen molar-refractivity contribution in [3.63, 3.8) is 0 Å². The zero-order valence-electron chi connectivity index (χ0n) is 11.9. The molecule has 0 radical (unpaired) electrons. The van der Waals surface area contributed by atoms with Gasteiger partial charge in [-0.3, -0.25) is 0 Å². The molecule has 21 heavy (non-hydrogen) atoms. The summed E-state index contributed by atoms with van der Waals surface area (Å²) >= 11 is 30.0. The van der Waals surface area contributed by atoms with Crippen LogP contribution in [0.5, 0.6) is 5.75 Å². The summed E-state index contributed by atoms with van der Waals surface area (Å²) in [6.45, 7) is 6.46. The van der Waals surface area contributed by atoms with Crippen LogP contribution in [0.15, 0.2) is 0 Å². The molecule has 0 bridgehead atoms. The molecule has 0 atom stereocenters. The highest BCUT2D eigenvalue weighted by atomic mass is 35.5. The van der Waals surface area contributed by atoms with Crippen molar-refractivity contribution in [3.05, 3.63) is 25.1 Å². The number of nitrogens with one attached hydrogen (secondary N) is 1. The monoisotopic (exact) mass is 391 g/mol. The Morgan fingerprint density at radius 2 is 1.38 bits per heavy atom. The first kappa shape index (κ1) is 19.5. The molecule has 0 aliphatic rings. The van der Waals surface area contributed by atoms with Crippen LogP contribution in [0, 0.1) is 5.92 Å². The molecule has 0 aliphatic carbocycles. The van der Waals surface area contributed by atoms with Gasteiger partial charge in [0.15, 0.2) is 5.75 Å². The predicted molar refractivity (Wildman–Crippen MR) is 93.9 cm³/mol. The molecule has 0 unspecified atom stereocenters. The van der Waals surface area contributed by atoms with Crippen molar-refractivity contribution < 1.29 is 4.74 Å². The van der Waals surface area contributed by atoms with Crippen LogP contribution in [0.4, 0.5) is 0 Å². The maximum atomic E-state index is 6.07. The Morgan fingerprint density at radius 1 is 0.857 bits per heavy atom. The Bertz CT molecular complexity index is 450. The van der Waals surface area contributed by atoms with Crippen molar-refractivity contribution in [2.45, 2.75) is 26.7 Å². The minimum Gasteiger partial charge on any atom is -0.489 e. The number of hydrogen-bond acceptors (Lipinski definition) is 2. The van der Waals surface area contributed by atoms with E-state index in [1.165, 1.54) is 6.42 Å². The molecule has 1 aromatic rings. The van der Waals surface area contributed by atoms with Gasteiger partial charge in [-0.2, -0.15) is 0 Å². The fourth-order valence-corrected chi connectivity index (χ4v) is 2.93. The van der Waals surface area contributed by atoms with Crippen LogP contribution >= 0.6 is 58.0 Å². The Morgan fingerprint density at radius 3 is 1.90 bits per heavy atom. The second-order valence-corrected chi connectivity index (χ2v) is 6.92. The summed E-state index contributed by atoms with van der Waals surface area (Å²) in [6.07, 6.45) is 2.34. The molecule has 1 rings (SSSR count). The van der Waals surface area contributed by atoms with Crippen LogP contribution in [0.2, 0.25) is 25.1 Å². The molecule has 0 aromatic heterocycles. The van der Waals surface area contributed by atoms with Gasteiger partial charge in [-0.1, -0.05) is 71.9 Å². The van der Waals surface area contributed by atoms with Crippen molar-refractivity contribution in [1.29, 1.82) is 0 Å². The van der Waals surface area contributed by atoms with Crippen molar-refractivity contribution in [3.8, 4) is 5.75 Å². The Labute approximate surface area is 151 Å². The predicted octanol–water partition coefficient (Wildman–Crippen LogP) is 6.36. The summed E-state index contributed by atoms with van der Waals surface area (Å²) in [5.74, 6) is 0.987. The van der Waals surface area contributed by atoms with Crippen molar-refractivity contribution in [1.82, 2.24) is 5.32 Å². The van der Waals surface area contributed by atoms with Gasteiger partial charge in [-0.15, -0.1) is 0 Å². The molecule has 0 amide bonds. The minimum atomic E-state index is 0.132. The fraction of sp³-hybridized carbons (Fsp3) is 0.571. The van der Waals surface area contributed by atoms with E-state index in [2.05, 4.69) is 19.2 Å². The van der Waals surface area contributed by atoms with E-state index in [4.69, 9.17) is 62.7 Å². The second kappa shape index (κ2) is 9.54. The average molecular weight is 394 g/mol. The van der Waals surface area contributed by atoms with Gasteiger partial charge in [0.1, 0.15) is 16.7 Å². The minimum absolute atomic E-state index is 0.132. The molecule has 0 spiro atoms. The molecule has 2 nitrogen and oxygen atoms in total. The summed E-state index contributed by atoms with van der Waals surface area (Å²) < 4.78 is 5.56. The highest BCUT2D eigenvalue weighted by Gasteiger charge is 2.20. The zero-order chi connectivity index (χ0) is 16.0. The van der Waals surface area contributed by atoms with Gasteiger partial charge in [-0.25, -0.2) is 0 Å². The van der Waals surface area contributed by atoms with Gasteiger partial charge in [-0.05, 0) is 25.3 Å². The number of benzene rings is 1. The van der Waals surface area contributed by atoms with E-state index in [1.807, 2.05) is 0 Å². The first-order chi connectivity index (χ1) is 9.86. The van der Waals surface area contributed by atoms with E-state index in [0.717, 1.165) is 18.9 Å². The molecule has 0 heterocycles. The molecular weight excluding hydrogens is 375 g/mol. The molecule has 1 N–H and O–H groups in total. The quantitative estimate of drug-likeness (QED) is 0.315. The topological polar surface area (TPSA) is 21.3 Å². The van der Waals surface area contributed by atoms with Crippen molar-refractivity contribution >= 4 is 58.0 Å². The van der Waals surface area contributed by atoms with Crippen LogP contribution in [0.25, 0.3) is 0 Å². The molecule has 1 aromatic carbocycles. The Balaban J connectivity index is 2.46. The van der Waals surface area contributed by atoms with Gasteiger partial charge in [0, 0.05) is 6.54 Å². The maximum Gasteiger partial charge on any atom is 0.159 e. The lowest BCUT2D eigenvalue weighted by Gasteiger charge is -2.14. The SMILES string of the molecule is CC(C)CCCNCCOc1c(Cl)c(Cl)c(Cl)c(Cl)c1Cl. The lowest BCUT2D eigenvalue weighted by atomic mass is 10.1. The summed E-state index contributed by atoms with van der Waals surface area (Å²) in [5.41, 5.74) is 0. The molecule has 0 saturated carbocycles. The van der Waals surface area contributed by atoms with E-state index in [0.29, 0.717) is 13.2 Å². The van der Waals surface area contributed by atoms with Crippen LogP contribution < -0.4 is 10.1 Å². The van der Waals surface area contributed by atoms with E-state index < -0.39 is 0 Å². The van der Waals surface area contributed by atoms with Crippen LogP contribution in [0.1, 0.15) is 26.7 Å². The third kappa shape index (κ3) is 5.85. The Kier molecular flexibility index (Phi) is 8.85. The summed E-state index contributed by atoms with van der Waals surface area (Å²) in [4.78, 5) is 0. The molecule has 0 fully saturated rings. The van der Waals surface area contributed by atoms with Crippen LogP contribution in [-0.2, 0) is 0 Å². The normalized spacial score (nSPS) is 11.2. The summed E-state index contributed by atoms with van der Waals surface area (Å²) in [5, 5.41) is 4.06. The molecular formula is C14H18Cl5NO. The van der Waals surface area contributed by atoms with Gasteiger partial charge in [0.2, 0.25) is 0 Å². The maximum absolute atomic E-state index is 6.07. The first-order valence-corrected chi connectivity index (χ1v) is 8.60. The molecule has 7 heteroatoms. The average Bonchev–Trinajstić information content (AvgIpc) is 2.45. The lowest BCUT2D eigenvalue weighted by Crippen LogP contribution is -2.22. The van der Waals surface area contributed by atoms with Crippen LogP contribution in [-0.4, -0.2) is 19.7 Å². The van der Waals surface area contributed by atoms with Gasteiger partial charge >= 0.3 is 0 Å². The fourth-order valence-electron chi connectivity index (χ4n) is 1.70. The third-order valence-corrected chi connectivity index (χ3v) is 5.07. The smallest absolute Gasteiger partial charge is 0.159 e. The van der Waals surface area contributed by atoms with Gasteiger partial charge < -0.3 is 10.1 Å². The van der Waals surface area contributed by atoms with Crippen molar-refractivity contribution in [2.75, 3.05) is 19.7 Å². The molecule has 120 valence electrons. The standard InChI is InChI=1S/C14H18Cl5NO/c1-8(2)4-3-5-20-6-7-21-14-12(18)10(16)9(15)11(17)13(14)19/h8,20H,3-7H2,1-2H3. The highest BCUT2D eigenvalue weighted by Crippen LogP contribution is 2.48. The Hall–Kier alpha value is 0.430. The largest absolute Gasteiger partial charge is 0.489 e. The van der Waals surface area contributed by atoms with E-state index >= 15 is 0 Å².